The van der Waals surface area contributed by atoms with Crippen molar-refractivity contribution in [2.24, 2.45) is 17.8 Å². The van der Waals surface area contributed by atoms with Crippen LogP contribution in [0.3, 0.4) is 0 Å². The molecule has 0 spiro atoms. The van der Waals surface area contributed by atoms with E-state index in [-0.39, 0.29) is 12.8 Å². The highest BCUT2D eigenvalue weighted by Gasteiger charge is 2.57. The molecule has 5 fully saturated rings. The van der Waals surface area contributed by atoms with Crippen molar-refractivity contribution in [1.82, 2.24) is 0 Å². The number of ether oxygens (including phenoxy) is 10. The average Bonchev–Trinajstić information content (AvgIpc) is 3.34. The Kier molecular flexibility index (Phi) is 24.1. The van der Waals surface area contributed by atoms with Gasteiger partial charge in [0.1, 0.15) is 61.0 Å². The first kappa shape index (κ1) is 59.7. The van der Waals surface area contributed by atoms with Crippen LogP contribution >= 0.6 is 0 Å². The van der Waals surface area contributed by atoms with E-state index in [1.165, 1.54) is 0 Å². The Bertz CT molecular complexity index is 1610. The Balaban J connectivity index is 1.54. The fourth-order valence-electron chi connectivity index (χ4n) is 9.88. The predicted octanol–water partition coefficient (Wildman–Crippen LogP) is 2.17. The number of carbonyl (C=O) groups excluding carboxylic acids is 3. The van der Waals surface area contributed by atoms with Gasteiger partial charge in [0.2, 0.25) is 0 Å². The molecule has 23 atom stereocenters. The number of aliphatic hydroxyl groups excluding tert-OH is 8. The first-order valence-corrected chi connectivity index (χ1v) is 26.4. The molecule has 0 aromatic heterocycles. The molecule has 5 heterocycles. The van der Waals surface area contributed by atoms with Gasteiger partial charge in [-0.15, -0.1) is 0 Å². The number of unbranched alkanes of at least 4 members (excludes halogenated alkanes) is 2. The highest BCUT2D eigenvalue weighted by atomic mass is 16.8. The average molecular weight is 1020 g/mol. The molecule has 412 valence electrons. The van der Waals surface area contributed by atoms with Crippen molar-refractivity contribution in [3.8, 4) is 0 Å². The number of fused-ring (bicyclic) bond motifs is 4. The maximum atomic E-state index is 14.0. The first-order chi connectivity index (χ1) is 33.8. The molecule has 2 bridgehead atoms. The van der Waals surface area contributed by atoms with E-state index in [0.717, 1.165) is 57.8 Å². The van der Waals surface area contributed by atoms with Crippen LogP contribution in [-0.2, 0) is 61.8 Å². The van der Waals surface area contributed by atoms with Gasteiger partial charge in [-0.3, -0.25) is 14.4 Å². The fraction of sp³-hybridized carbons (Fsp3) is 0.940. The van der Waals surface area contributed by atoms with Crippen molar-refractivity contribution >= 4 is 17.9 Å². The molecule has 0 amide bonds. The molecule has 0 aromatic rings. The number of rotatable bonds is 13. The van der Waals surface area contributed by atoms with Crippen LogP contribution in [0, 0.1) is 17.8 Å². The molecule has 5 aliphatic heterocycles. The number of hydrogen-bond acceptors (Lipinski definition) is 21. The lowest BCUT2D eigenvalue weighted by molar-refractivity contribution is -0.404. The summed E-state index contributed by atoms with van der Waals surface area (Å²) in [5, 5.41) is 89.4. The van der Waals surface area contributed by atoms with Gasteiger partial charge in [-0.2, -0.15) is 0 Å². The van der Waals surface area contributed by atoms with E-state index in [0.29, 0.717) is 32.1 Å². The molecule has 21 nitrogen and oxygen atoms in total. The second-order valence-electron chi connectivity index (χ2n) is 20.4. The van der Waals surface area contributed by atoms with Gasteiger partial charge in [0.05, 0.1) is 42.9 Å². The second kappa shape index (κ2) is 28.6. The van der Waals surface area contributed by atoms with E-state index in [4.69, 9.17) is 47.4 Å². The monoisotopic (exact) mass is 1020 g/mol. The van der Waals surface area contributed by atoms with Crippen LogP contribution in [0.5, 0.6) is 0 Å². The van der Waals surface area contributed by atoms with Crippen LogP contribution in [0.2, 0.25) is 0 Å². The largest absolute Gasteiger partial charge is 0.458 e. The van der Waals surface area contributed by atoms with Gasteiger partial charge in [-0.25, -0.2) is 0 Å². The smallest absolute Gasteiger partial charge is 0.309 e. The Hall–Kier alpha value is -2.19. The Morgan fingerprint density at radius 3 is 1.77 bits per heavy atom. The molecular formula is C50H86O21. The van der Waals surface area contributed by atoms with Gasteiger partial charge < -0.3 is 88.2 Å². The molecular weight excluding hydrogens is 937 g/mol. The lowest BCUT2D eigenvalue weighted by Crippen LogP contribution is -2.67. The lowest BCUT2D eigenvalue weighted by Gasteiger charge is -2.50. The lowest BCUT2D eigenvalue weighted by atomic mass is 9.81. The minimum absolute atomic E-state index is 0.00164. The molecule has 0 radical (unpaired) electrons. The van der Waals surface area contributed by atoms with E-state index in [9.17, 15) is 55.2 Å². The molecule has 0 saturated carbocycles. The van der Waals surface area contributed by atoms with E-state index in [1.54, 1.807) is 34.6 Å². The van der Waals surface area contributed by atoms with Crippen molar-refractivity contribution < 1.29 is 103 Å². The van der Waals surface area contributed by atoms with Gasteiger partial charge in [0.25, 0.3) is 0 Å². The fourth-order valence-corrected chi connectivity index (χ4v) is 9.88. The molecule has 0 aromatic carbocycles. The number of carbonyl (C=O) groups is 3. The Morgan fingerprint density at radius 1 is 0.592 bits per heavy atom. The van der Waals surface area contributed by atoms with E-state index >= 15 is 0 Å². The van der Waals surface area contributed by atoms with Crippen LogP contribution in [0.15, 0.2) is 0 Å². The van der Waals surface area contributed by atoms with Crippen LogP contribution in [0.1, 0.15) is 151 Å². The van der Waals surface area contributed by atoms with Crippen LogP contribution < -0.4 is 0 Å². The molecule has 5 aliphatic rings. The predicted molar refractivity (Wildman–Crippen MR) is 248 cm³/mol. The maximum absolute atomic E-state index is 14.0. The van der Waals surface area contributed by atoms with Crippen LogP contribution in [0.4, 0.5) is 0 Å². The zero-order valence-corrected chi connectivity index (χ0v) is 42.7. The second-order valence-corrected chi connectivity index (χ2v) is 20.4. The zero-order valence-electron chi connectivity index (χ0n) is 42.7. The summed E-state index contributed by atoms with van der Waals surface area (Å²) in [6.45, 7) is 11.4. The third-order valence-corrected chi connectivity index (χ3v) is 15.0. The summed E-state index contributed by atoms with van der Waals surface area (Å²) in [6, 6.07) is 0. The minimum Gasteiger partial charge on any atom is -0.458 e. The van der Waals surface area contributed by atoms with Gasteiger partial charge in [0.15, 0.2) is 37.4 Å². The van der Waals surface area contributed by atoms with Crippen molar-refractivity contribution in [2.75, 3.05) is 6.61 Å². The molecule has 5 saturated heterocycles. The SMILES string of the molecule is CCCCCC1CCCCCCCCCC(=O)OC2C(CC3OC(C)C(OC(=O)C(C)CC)C(O)C3O)C(C)OC(OC3C(OC(CO)C(O)C3O)OC3C(O1)OC(O)C(O)C3O)C2OC(=O)C(C)CC. The van der Waals surface area contributed by atoms with Gasteiger partial charge in [-0.1, -0.05) is 92.4 Å². The quantitative estimate of drug-likeness (QED) is 0.0745. The Labute approximate surface area is 418 Å². The van der Waals surface area contributed by atoms with E-state index in [2.05, 4.69) is 6.92 Å². The maximum Gasteiger partial charge on any atom is 0.309 e. The molecule has 21 heteroatoms. The summed E-state index contributed by atoms with van der Waals surface area (Å²) in [6.07, 6.45) is -20.1. The third kappa shape index (κ3) is 15.7. The number of hydrogen-bond donors (Lipinski definition) is 8. The summed E-state index contributed by atoms with van der Waals surface area (Å²) in [5.41, 5.74) is 0. The number of esters is 3. The third-order valence-electron chi connectivity index (χ3n) is 15.0. The summed E-state index contributed by atoms with van der Waals surface area (Å²) in [7, 11) is 0. The van der Waals surface area contributed by atoms with Gasteiger partial charge >= 0.3 is 17.9 Å². The van der Waals surface area contributed by atoms with E-state index < -0.39 is 165 Å². The Morgan fingerprint density at radius 2 is 1.15 bits per heavy atom. The van der Waals surface area contributed by atoms with Crippen molar-refractivity contribution in [1.29, 1.82) is 0 Å². The molecule has 71 heavy (non-hydrogen) atoms. The zero-order chi connectivity index (χ0) is 52.1. The van der Waals surface area contributed by atoms with Crippen molar-refractivity contribution in [3.05, 3.63) is 0 Å². The molecule has 8 N–H and O–H groups in total. The standard InChI is InChI=1S/C50H86O21/c1-8-11-17-20-29-21-18-15-13-12-14-16-19-22-33(52)66-41-30(23-31-34(53)36(55)40(28(7)62-31)67-45(59)25(4)9-2)27(6)63-50(44(41)68-46(60)26(5)10-3)70-42-37(56)35(54)32(24-51)65-49(42)69-43-38(57)39(58)47(61)71-48(43)64-29/h25-32,34-44,47-51,53-58,61H,8-24H2,1-7H3. The highest BCUT2D eigenvalue weighted by molar-refractivity contribution is 5.73. The van der Waals surface area contributed by atoms with Crippen molar-refractivity contribution in [2.45, 2.75) is 274 Å². The normalized spacial score (nSPS) is 42.4. The van der Waals surface area contributed by atoms with Gasteiger partial charge in [-0.05, 0) is 52.4 Å². The summed E-state index contributed by atoms with van der Waals surface area (Å²) >= 11 is 0. The first-order valence-electron chi connectivity index (χ1n) is 26.4. The highest BCUT2D eigenvalue weighted by Crippen LogP contribution is 2.40. The molecule has 0 aliphatic carbocycles. The topological polar surface area (TPSA) is 305 Å². The van der Waals surface area contributed by atoms with Gasteiger partial charge in [0, 0.05) is 12.3 Å². The summed E-state index contributed by atoms with van der Waals surface area (Å²) in [4.78, 5) is 40.6. The molecule has 23 unspecified atom stereocenters. The van der Waals surface area contributed by atoms with E-state index in [1.807, 2.05) is 6.92 Å². The van der Waals surface area contributed by atoms with Crippen LogP contribution in [0.25, 0.3) is 0 Å². The summed E-state index contributed by atoms with van der Waals surface area (Å²) in [5.74, 6) is -4.02. The van der Waals surface area contributed by atoms with Crippen LogP contribution in [-0.4, -0.2) is 188 Å². The number of aliphatic hydroxyl groups is 8. The minimum atomic E-state index is -1.94. The summed E-state index contributed by atoms with van der Waals surface area (Å²) < 4.78 is 61.9. The van der Waals surface area contributed by atoms with Crippen molar-refractivity contribution in [3.63, 3.8) is 0 Å². The molecule has 5 rings (SSSR count).